The average Bonchev–Trinajstić information content (AvgIpc) is 2.62. The minimum absolute atomic E-state index is 0.0483. The SMILES string of the molecule is O=C1c2ccccc2C(=O)N1CCCCC[B-](F)(F)F. The second-order valence-corrected chi connectivity index (χ2v) is 4.87. The van der Waals surface area contributed by atoms with E-state index in [1.54, 1.807) is 24.3 Å². The summed E-state index contributed by atoms with van der Waals surface area (Å²) < 4.78 is 36.1. The van der Waals surface area contributed by atoms with Crippen molar-refractivity contribution in [2.75, 3.05) is 6.54 Å². The molecule has 108 valence electrons. The van der Waals surface area contributed by atoms with Gasteiger partial charge in [-0.1, -0.05) is 31.3 Å². The third-order valence-corrected chi connectivity index (χ3v) is 3.29. The van der Waals surface area contributed by atoms with Crippen molar-refractivity contribution in [1.82, 2.24) is 4.90 Å². The van der Waals surface area contributed by atoms with Crippen LogP contribution in [0, 0.1) is 0 Å². The Kier molecular flexibility index (Phi) is 4.16. The van der Waals surface area contributed by atoms with Crippen LogP contribution in [0.2, 0.25) is 6.32 Å². The Morgan fingerprint density at radius 2 is 1.45 bits per heavy atom. The smallest absolute Gasteiger partial charge is 0.449 e. The molecule has 1 aliphatic rings. The number of halogens is 3. The Balaban J connectivity index is 1.84. The zero-order valence-electron chi connectivity index (χ0n) is 10.8. The van der Waals surface area contributed by atoms with Crippen LogP contribution in [0.4, 0.5) is 12.9 Å². The molecule has 2 rings (SSSR count). The number of benzene rings is 1. The summed E-state index contributed by atoms with van der Waals surface area (Å²) in [5.74, 6) is -0.712. The zero-order chi connectivity index (χ0) is 14.8. The highest BCUT2D eigenvalue weighted by Crippen LogP contribution is 2.23. The molecular weight excluding hydrogens is 270 g/mol. The van der Waals surface area contributed by atoms with E-state index >= 15 is 0 Å². The normalized spacial score (nSPS) is 14.8. The second kappa shape index (κ2) is 5.69. The molecule has 0 saturated heterocycles. The molecule has 1 heterocycles. The highest BCUT2D eigenvalue weighted by atomic mass is 19.4. The first-order valence-corrected chi connectivity index (χ1v) is 6.56. The third-order valence-electron chi connectivity index (χ3n) is 3.29. The van der Waals surface area contributed by atoms with E-state index < -0.39 is 13.3 Å². The maximum absolute atomic E-state index is 12.0. The molecule has 0 radical (unpaired) electrons. The maximum atomic E-state index is 12.0. The summed E-state index contributed by atoms with van der Waals surface area (Å²) in [6, 6.07) is 6.53. The Morgan fingerprint density at radius 1 is 0.900 bits per heavy atom. The topological polar surface area (TPSA) is 37.4 Å². The highest BCUT2D eigenvalue weighted by Gasteiger charge is 2.34. The molecular formula is C13H14BF3NO2-. The van der Waals surface area contributed by atoms with Gasteiger partial charge in [0, 0.05) is 6.54 Å². The van der Waals surface area contributed by atoms with Crippen LogP contribution >= 0.6 is 0 Å². The van der Waals surface area contributed by atoms with Crippen LogP contribution in [-0.2, 0) is 0 Å². The van der Waals surface area contributed by atoms with Gasteiger partial charge < -0.3 is 12.9 Å². The Bertz CT molecular complexity index is 496. The zero-order valence-corrected chi connectivity index (χ0v) is 10.8. The fourth-order valence-electron chi connectivity index (χ4n) is 2.26. The Morgan fingerprint density at radius 3 is 1.95 bits per heavy atom. The van der Waals surface area contributed by atoms with Gasteiger partial charge in [-0.15, -0.1) is 0 Å². The van der Waals surface area contributed by atoms with Crippen LogP contribution in [0.25, 0.3) is 0 Å². The molecule has 0 fully saturated rings. The van der Waals surface area contributed by atoms with Crippen molar-refractivity contribution in [1.29, 1.82) is 0 Å². The van der Waals surface area contributed by atoms with Crippen LogP contribution in [0.1, 0.15) is 40.0 Å². The minimum atomic E-state index is -4.74. The predicted molar refractivity (Wildman–Crippen MR) is 69.5 cm³/mol. The van der Waals surface area contributed by atoms with Gasteiger partial charge in [-0.2, -0.15) is 0 Å². The minimum Gasteiger partial charge on any atom is -0.449 e. The van der Waals surface area contributed by atoms with Gasteiger partial charge in [-0.3, -0.25) is 14.5 Å². The molecule has 7 heteroatoms. The molecule has 3 nitrogen and oxygen atoms in total. The Labute approximate surface area is 114 Å². The van der Waals surface area contributed by atoms with Crippen LogP contribution in [0.5, 0.6) is 0 Å². The number of unbranched alkanes of at least 4 members (excludes halogenated alkanes) is 2. The molecule has 0 bridgehead atoms. The highest BCUT2D eigenvalue weighted by molar-refractivity contribution is 6.58. The molecule has 0 saturated carbocycles. The number of imide groups is 1. The van der Waals surface area contributed by atoms with E-state index in [0.717, 1.165) is 4.90 Å². The van der Waals surface area contributed by atoms with Crippen molar-refractivity contribution in [3.05, 3.63) is 35.4 Å². The third kappa shape index (κ3) is 3.21. The largest absolute Gasteiger partial charge is 0.478 e. The molecule has 0 unspecified atom stereocenters. The van der Waals surface area contributed by atoms with Crippen molar-refractivity contribution in [3.63, 3.8) is 0 Å². The fourth-order valence-corrected chi connectivity index (χ4v) is 2.26. The molecule has 1 aromatic carbocycles. The molecule has 0 spiro atoms. The van der Waals surface area contributed by atoms with Gasteiger partial charge in [0.15, 0.2) is 0 Å². The average molecular weight is 284 g/mol. The molecule has 2 amide bonds. The number of carbonyl (C=O) groups excluding carboxylic acids is 2. The molecule has 0 atom stereocenters. The summed E-state index contributed by atoms with van der Waals surface area (Å²) in [5.41, 5.74) is 0.743. The van der Waals surface area contributed by atoms with Gasteiger partial charge in [0.1, 0.15) is 0 Å². The van der Waals surface area contributed by atoms with Gasteiger partial charge in [-0.25, -0.2) is 0 Å². The van der Waals surface area contributed by atoms with E-state index in [-0.39, 0.29) is 24.8 Å². The van der Waals surface area contributed by atoms with E-state index in [0.29, 0.717) is 24.0 Å². The van der Waals surface area contributed by atoms with Crippen molar-refractivity contribution >= 4 is 18.8 Å². The van der Waals surface area contributed by atoms with E-state index in [1.165, 1.54) is 0 Å². The van der Waals surface area contributed by atoms with Gasteiger partial charge in [-0.05, 0) is 18.6 Å². The number of rotatable bonds is 6. The molecule has 0 aromatic heterocycles. The molecule has 0 N–H and O–H groups in total. The first kappa shape index (κ1) is 14.6. The number of fused-ring (bicyclic) bond motifs is 1. The van der Waals surface area contributed by atoms with E-state index in [1.807, 2.05) is 0 Å². The number of carbonyl (C=O) groups is 2. The summed E-state index contributed by atoms with van der Waals surface area (Å²) >= 11 is 0. The standard InChI is InChI=1S/C13H14BF3NO2/c15-14(16,17)8-4-1-5-9-18-12(19)10-6-2-3-7-11(10)13(18)20/h2-3,6-7H,1,4-5,8-9H2/q-1. The van der Waals surface area contributed by atoms with Gasteiger partial charge in [0.2, 0.25) is 0 Å². The number of hydrogen-bond acceptors (Lipinski definition) is 2. The first-order valence-electron chi connectivity index (χ1n) is 6.56. The molecule has 1 aliphatic heterocycles. The summed E-state index contributed by atoms with van der Waals surface area (Å²) in [5, 5.41) is 0. The first-order chi connectivity index (χ1) is 9.40. The molecule has 1 aromatic rings. The van der Waals surface area contributed by atoms with Crippen LogP contribution in [0.3, 0.4) is 0 Å². The van der Waals surface area contributed by atoms with E-state index in [9.17, 15) is 22.5 Å². The van der Waals surface area contributed by atoms with Crippen molar-refractivity contribution in [3.8, 4) is 0 Å². The fraction of sp³-hybridized carbons (Fsp3) is 0.385. The summed E-state index contributed by atoms with van der Waals surface area (Å²) in [6.45, 7) is -4.56. The quantitative estimate of drug-likeness (QED) is 0.456. The number of amides is 2. The monoisotopic (exact) mass is 284 g/mol. The lowest BCUT2D eigenvalue weighted by Crippen LogP contribution is -2.30. The summed E-state index contributed by atoms with van der Waals surface area (Å²) in [7, 11) is 0. The van der Waals surface area contributed by atoms with Crippen molar-refractivity contribution in [2.24, 2.45) is 0 Å². The van der Waals surface area contributed by atoms with Crippen LogP contribution in [-0.4, -0.2) is 30.2 Å². The Hall–Kier alpha value is -1.79. The van der Waals surface area contributed by atoms with Crippen molar-refractivity contribution in [2.45, 2.75) is 25.6 Å². The van der Waals surface area contributed by atoms with Gasteiger partial charge in [0.25, 0.3) is 11.8 Å². The van der Waals surface area contributed by atoms with Gasteiger partial charge in [0.05, 0.1) is 11.1 Å². The predicted octanol–water partition coefficient (Wildman–Crippen LogP) is 3.30. The van der Waals surface area contributed by atoms with E-state index in [4.69, 9.17) is 0 Å². The lowest BCUT2D eigenvalue weighted by Gasteiger charge is -2.15. The molecule has 0 aliphatic carbocycles. The van der Waals surface area contributed by atoms with Crippen LogP contribution in [0.15, 0.2) is 24.3 Å². The van der Waals surface area contributed by atoms with Crippen molar-refractivity contribution < 1.29 is 22.5 Å². The lowest BCUT2D eigenvalue weighted by molar-refractivity contribution is 0.0651. The number of hydrogen-bond donors (Lipinski definition) is 0. The maximum Gasteiger partial charge on any atom is 0.478 e. The van der Waals surface area contributed by atoms with Crippen LogP contribution < -0.4 is 0 Å². The lowest BCUT2D eigenvalue weighted by atomic mass is 9.83. The summed E-state index contributed by atoms with van der Waals surface area (Å²) in [4.78, 5) is 25.0. The van der Waals surface area contributed by atoms with Gasteiger partial charge >= 0.3 is 6.98 Å². The second-order valence-electron chi connectivity index (χ2n) is 4.87. The molecule has 20 heavy (non-hydrogen) atoms. The van der Waals surface area contributed by atoms with E-state index in [2.05, 4.69) is 0 Å². The number of nitrogens with zero attached hydrogens (tertiary/aromatic N) is 1. The summed E-state index contributed by atoms with van der Waals surface area (Å²) in [6.07, 6.45) is 0.0427.